The smallest absolute Gasteiger partial charge is 0.192 e. The lowest BCUT2D eigenvalue weighted by molar-refractivity contribution is -0.106. The minimum Gasteiger partial charge on any atom is -0.497 e. The van der Waals surface area contributed by atoms with Gasteiger partial charge in [-0.15, -0.1) is 0 Å². The fraction of sp³-hybridized carbons (Fsp3) is 0.765. The molecule has 7 atom stereocenters. The molecule has 1 aromatic rings. The molecule has 43 heavy (non-hydrogen) atoms. The van der Waals surface area contributed by atoms with Crippen molar-refractivity contribution in [1.82, 2.24) is 0 Å². The van der Waals surface area contributed by atoms with Crippen LogP contribution in [-0.2, 0) is 24.9 Å². The quantitative estimate of drug-likeness (QED) is 0.111. The van der Waals surface area contributed by atoms with Crippen LogP contribution in [-0.4, -0.2) is 77.2 Å². The van der Waals surface area contributed by atoms with Crippen LogP contribution in [0.3, 0.4) is 0 Å². The first-order chi connectivity index (χ1) is 19.6. The number of aliphatic hydroxyl groups excluding tert-OH is 2. The van der Waals surface area contributed by atoms with Gasteiger partial charge in [0.15, 0.2) is 16.6 Å². The highest BCUT2D eigenvalue weighted by atomic mass is 28.4. The highest BCUT2D eigenvalue weighted by Crippen LogP contribution is 2.48. The van der Waals surface area contributed by atoms with E-state index in [9.17, 15) is 10.2 Å². The van der Waals surface area contributed by atoms with Crippen molar-refractivity contribution in [3.63, 3.8) is 0 Å². The fourth-order valence-corrected chi connectivity index (χ4v) is 7.24. The summed E-state index contributed by atoms with van der Waals surface area (Å²) in [5.74, 6) is 0.284. The van der Waals surface area contributed by atoms with Crippen LogP contribution in [0, 0.1) is 11.8 Å². The average Bonchev–Trinajstić information content (AvgIpc) is 3.60. The average molecular weight is 639 g/mol. The lowest BCUT2D eigenvalue weighted by Crippen LogP contribution is -2.55. The Kier molecular flexibility index (Phi) is 12.9. The van der Waals surface area contributed by atoms with Gasteiger partial charge in [-0.05, 0) is 67.8 Å². The van der Waals surface area contributed by atoms with Crippen molar-refractivity contribution in [2.24, 2.45) is 11.8 Å². The number of hydrogen-bond acceptors (Lipinski definition) is 7. The van der Waals surface area contributed by atoms with Gasteiger partial charge in [-0.3, -0.25) is 0 Å². The number of hydrogen-bond donors (Lipinski definition) is 2. The van der Waals surface area contributed by atoms with E-state index >= 15 is 0 Å². The number of aliphatic hydroxyl groups is 2. The first kappa shape index (κ1) is 38.1. The Morgan fingerprint density at radius 1 is 0.953 bits per heavy atom. The molecule has 248 valence electrons. The molecule has 1 heterocycles. The molecule has 0 aromatic heterocycles. The lowest BCUT2D eigenvalue weighted by atomic mass is 9.82. The van der Waals surface area contributed by atoms with Crippen LogP contribution < -0.4 is 4.74 Å². The Balaban J connectivity index is 2.40. The van der Waals surface area contributed by atoms with E-state index in [0.29, 0.717) is 6.61 Å². The third-order valence-corrected chi connectivity index (χ3v) is 19.1. The summed E-state index contributed by atoms with van der Waals surface area (Å²) in [6, 6.07) is 7.75. The molecule has 2 rings (SSSR count). The summed E-state index contributed by atoms with van der Waals surface area (Å²) in [6.45, 7) is 28.6. The Morgan fingerprint density at radius 3 is 2.00 bits per heavy atom. The topological polar surface area (TPSA) is 89.9 Å². The highest BCUT2D eigenvalue weighted by Gasteiger charge is 2.62. The van der Waals surface area contributed by atoms with Crippen molar-refractivity contribution in [3.8, 4) is 5.75 Å². The molecule has 2 N–H and O–H groups in total. The number of epoxide rings is 1. The van der Waals surface area contributed by atoms with Crippen LogP contribution in [0.2, 0.25) is 36.3 Å². The summed E-state index contributed by atoms with van der Waals surface area (Å²) >= 11 is 0. The minimum absolute atomic E-state index is 0.0189. The molecule has 0 amide bonds. The zero-order chi connectivity index (χ0) is 33.0. The van der Waals surface area contributed by atoms with Crippen LogP contribution >= 0.6 is 0 Å². The summed E-state index contributed by atoms with van der Waals surface area (Å²) in [6.07, 6.45) is 1.30. The molecule has 0 bridgehead atoms. The molecule has 0 aliphatic carbocycles. The van der Waals surface area contributed by atoms with E-state index < -0.39 is 46.5 Å². The molecule has 1 saturated heterocycles. The number of rotatable bonds is 16. The van der Waals surface area contributed by atoms with Crippen molar-refractivity contribution < 1.29 is 33.3 Å². The first-order valence-corrected chi connectivity index (χ1v) is 21.6. The van der Waals surface area contributed by atoms with E-state index in [0.717, 1.165) is 11.3 Å². The molecular weight excluding hydrogens is 577 g/mol. The molecule has 0 spiro atoms. The van der Waals surface area contributed by atoms with E-state index in [1.165, 1.54) is 0 Å². The predicted molar refractivity (Wildman–Crippen MR) is 181 cm³/mol. The first-order valence-electron chi connectivity index (χ1n) is 15.8. The number of allylic oxidation sites excluding steroid dienone is 1. The summed E-state index contributed by atoms with van der Waals surface area (Å²) in [4.78, 5) is 0. The number of ether oxygens (including phenoxy) is 3. The van der Waals surface area contributed by atoms with Gasteiger partial charge < -0.3 is 33.3 Å². The van der Waals surface area contributed by atoms with Gasteiger partial charge in [0.1, 0.15) is 11.4 Å². The Bertz CT molecular complexity index is 1030. The summed E-state index contributed by atoms with van der Waals surface area (Å²) in [5.41, 5.74) is 0.200. The monoisotopic (exact) mass is 638 g/mol. The van der Waals surface area contributed by atoms with E-state index in [1.54, 1.807) is 7.11 Å². The second-order valence-electron chi connectivity index (χ2n) is 15.6. The SMILES string of the molecule is C/C=C\[C@@H](C)[C@H]1O[C@]1(C)[C@@H](O)[C@@H](CO[Si](C)(C)C(C)(C)C)[C@H](O)[C@@H](COCc1ccc(OC)cc1)O[Si](C)(C)C(C)(C)C. The zero-order valence-corrected chi connectivity index (χ0v) is 31.5. The van der Waals surface area contributed by atoms with E-state index in [-0.39, 0.29) is 35.3 Å². The molecule has 1 aliphatic heterocycles. The molecule has 0 radical (unpaired) electrons. The Morgan fingerprint density at radius 2 is 1.51 bits per heavy atom. The molecule has 0 saturated carbocycles. The van der Waals surface area contributed by atoms with Crippen molar-refractivity contribution in [3.05, 3.63) is 42.0 Å². The van der Waals surface area contributed by atoms with Crippen molar-refractivity contribution in [1.29, 1.82) is 0 Å². The molecule has 7 nitrogen and oxygen atoms in total. The van der Waals surface area contributed by atoms with Gasteiger partial charge in [0.2, 0.25) is 0 Å². The number of methoxy groups -OCH3 is 1. The van der Waals surface area contributed by atoms with Gasteiger partial charge in [0.05, 0.1) is 44.7 Å². The van der Waals surface area contributed by atoms with Gasteiger partial charge in [-0.2, -0.15) is 0 Å². The molecule has 1 fully saturated rings. The van der Waals surface area contributed by atoms with Crippen LogP contribution in [0.25, 0.3) is 0 Å². The Labute approximate surface area is 264 Å². The number of benzene rings is 1. The highest BCUT2D eigenvalue weighted by molar-refractivity contribution is 6.74. The normalized spacial score (nSPS) is 23.6. The van der Waals surface area contributed by atoms with Gasteiger partial charge in [0, 0.05) is 18.4 Å². The summed E-state index contributed by atoms with van der Waals surface area (Å²) in [7, 11) is -2.87. The maximum absolute atomic E-state index is 12.2. The predicted octanol–water partition coefficient (Wildman–Crippen LogP) is 7.33. The maximum atomic E-state index is 12.2. The fourth-order valence-electron chi connectivity index (χ4n) is 4.88. The second-order valence-corrected chi connectivity index (χ2v) is 25.1. The van der Waals surface area contributed by atoms with Gasteiger partial charge in [-0.1, -0.05) is 72.8 Å². The summed E-state index contributed by atoms with van der Waals surface area (Å²) in [5, 5.41) is 24.0. The summed E-state index contributed by atoms with van der Waals surface area (Å²) < 4.78 is 31.2. The van der Waals surface area contributed by atoms with E-state index in [2.05, 4.69) is 80.7 Å². The van der Waals surface area contributed by atoms with Crippen molar-refractivity contribution in [2.75, 3.05) is 20.3 Å². The Hall–Kier alpha value is -1.05. The van der Waals surface area contributed by atoms with Crippen LogP contribution in [0.4, 0.5) is 0 Å². The third kappa shape index (κ3) is 9.72. The van der Waals surface area contributed by atoms with Crippen LogP contribution in [0.1, 0.15) is 67.9 Å². The van der Waals surface area contributed by atoms with E-state index in [1.807, 2.05) is 44.2 Å². The minimum atomic E-state index is -2.33. The largest absolute Gasteiger partial charge is 0.497 e. The molecular formula is C34H62O7Si2. The third-order valence-electron chi connectivity index (χ3n) is 10.1. The van der Waals surface area contributed by atoms with Crippen LogP contribution in [0.15, 0.2) is 36.4 Å². The standard InChI is InChI=1S/C34H62O7Si2/c1-15-16-24(2)31-34(9,40-31)30(36)27(22-39-42(11,12)32(3,4)5)29(35)28(41-43(13,14)33(6,7)8)23-38-21-25-17-19-26(37-10)20-18-25/h15-20,24,27-31,35-36H,21-23H2,1-14H3/b16-15-/t24-,27+,28-,29+,30+,31-,34-/m1/s1. The molecule has 1 aliphatic rings. The molecule has 1 aromatic carbocycles. The van der Waals surface area contributed by atoms with Gasteiger partial charge in [0.25, 0.3) is 0 Å². The molecule has 9 heteroatoms. The van der Waals surface area contributed by atoms with E-state index in [4.69, 9.17) is 23.1 Å². The molecule has 0 unspecified atom stereocenters. The lowest BCUT2D eigenvalue weighted by Gasteiger charge is -2.43. The maximum Gasteiger partial charge on any atom is 0.192 e. The van der Waals surface area contributed by atoms with Crippen LogP contribution in [0.5, 0.6) is 5.75 Å². The van der Waals surface area contributed by atoms with Gasteiger partial charge >= 0.3 is 0 Å². The van der Waals surface area contributed by atoms with Crippen molar-refractivity contribution >= 4 is 16.6 Å². The zero-order valence-electron chi connectivity index (χ0n) is 29.5. The van der Waals surface area contributed by atoms with Crippen molar-refractivity contribution in [2.45, 2.75) is 135 Å². The van der Waals surface area contributed by atoms with Gasteiger partial charge in [-0.25, -0.2) is 0 Å². The second kappa shape index (κ2) is 14.6.